The quantitative estimate of drug-likeness (QED) is 0.0725. The minimum atomic E-state index is -2.00. The van der Waals surface area contributed by atoms with Crippen molar-refractivity contribution in [3.63, 3.8) is 0 Å². The maximum Gasteiger partial charge on any atom is 0.330 e. The van der Waals surface area contributed by atoms with E-state index in [1.807, 2.05) is 0 Å². The summed E-state index contributed by atoms with van der Waals surface area (Å²) in [5.74, 6) is -1.70. The molecular weight excluding hydrogens is 744 g/mol. The van der Waals surface area contributed by atoms with E-state index >= 15 is 0 Å². The van der Waals surface area contributed by atoms with Crippen molar-refractivity contribution in [2.75, 3.05) is 27.4 Å². The van der Waals surface area contributed by atoms with Gasteiger partial charge in [-0.3, -0.25) is 4.79 Å². The molecule has 0 aliphatic carbocycles. The Morgan fingerprint density at radius 2 is 1.50 bits per heavy atom. The number of hydrogen-bond donors (Lipinski definition) is 9. The molecule has 18 heteroatoms. The number of phenols is 3. The van der Waals surface area contributed by atoms with Crippen molar-refractivity contribution in [3.8, 4) is 40.1 Å². The second kappa shape index (κ2) is 16.8. The van der Waals surface area contributed by atoms with Gasteiger partial charge >= 0.3 is 5.97 Å². The highest BCUT2D eigenvalue weighted by molar-refractivity contribution is 5.88. The Kier molecular flexibility index (Phi) is 12.1. The van der Waals surface area contributed by atoms with E-state index in [0.29, 0.717) is 11.1 Å². The maximum atomic E-state index is 13.5. The second-order valence-corrected chi connectivity index (χ2v) is 13.0. The van der Waals surface area contributed by atoms with Crippen LogP contribution in [0.2, 0.25) is 0 Å². The summed E-state index contributed by atoms with van der Waals surface area (Å²) >= 11 is 0. The monoisotopic (exact) mass is 784 g/mol. The molecule has 3 aromatic carbocycles. The third-order valence-electron chi connectivity index (χ3n) is 9.48. The van der Waals surface area contributed by atoms with E-state index in [2.05, 4.69) is 0 Å². The fourth-order valence-electron chi connectivity index (χ4n) is 6.48. The van der Waals surface area contributed by atoms with Crippen LogP contribution in [0.25, 0.3) is 28.4 Å². The number of ether oxygens (including phenoxy) is 6. The van der Waals surface area contributed by atoms with Crippen LogP contribution in [0, 0.1) is 0 Å². The zero-order valence-electron chi connectivity index (χ0n) is 29.7. The number of aliphatic hydroxyl groups excluding tert-OH is 6. The average Bonchev–Trinajstić information content (AvgIpc) is 3.19. The molecule has 0 spiro atoms. The molecule has 0 unspecified atom stereocenters. The van der Waals surface area contributed by atoms with Gasteiger partial charge < -0.3 is 78.8 Å². The van der Waals surface area contributed by atoms with E-state index < -0.39 is 91.6 Å². The smallest absolute Gasteiger partial charge is 0.330 e. The summed E-state index contributed by atoms with van der Waals surface area (Å²) in [5.41, 5.74) is -0.256. The molecular formula is C38H40O18. The van der Waals surface area contributed by atoms with Crippen molar-refractivity contribution < 1.29 is 83.6 Å². The number of rotatable bonds is 11. The first-order valence-corrected chi connectivity index (χ1v) is 17.1. The summed E-state index contributed by atoms with van der Waals surface area (Å²) in [5, 5.41) is 95.2. The Morgan fingerprint density at radius 1 is 0.804 bits per heavy atom. The Labute approximate surface area is 317 Å². The third kappa shape index (κ3) is 8.01. The molecule has 2 aliphatic heterocycles. The standard InChI is InChI=1S/C38H40O18/c1-50-22-11-16(3-9-19(22)41)4-10-27(43)52-15-26-31(45)33(47)35(49)38(55-26)56-37-34(48)30(44)25(14-39)54-36(37)29-23(51-2)13-24-28(32(29)46)20(42)12-21(53-24)17-5-7-18(40)8-6-17/h3-13,25-26,30-31,33-41,44-49H,14-15H2,1-2H3/b10-4+/t25-,26-,30-,31-,33+,34+,35-,36+,37-,38+/m1/s1. The molecule has 9 N–H and O–H groups in total. The number of methoxy groups -OCH3 is 2. The summed E-state index contributed by atoms with van der Waals surface area (Å²) in [7, 11) is 2.57. The topological polar surface area (TPSA) is 285 Å². The van der Waals surface area contributed by atoms with Crippen LogP contribution in [0.3, 0.4) is 0 Å². The number of carbonyl (C=O) groups excluding carboxylic acids is 1. The van der Waals surface area contributed by atoms with E-state index in [9.17, 15) is 55.5 Å². The van der Waals surface area contributed by atoms with Crippen LogP contribution in [-0.4, -0.2) is 134 Å². The van der Waals surface area contributed by atoms with Crippen LogP contribution < -0.4 is 14.9 Å². The predicted molar refractivity (Wildman–Crippen MR) is 191 cm³/mol. The zero-order chi connectivity index (χ0) is 40.4. The predicted octanol–water partition coefficient (Wildman–Crippen LogP) is 0.197. The summed E-state index contributed by atoms with van der Waals surface area (Å²) in [4.78, 5) is 26.0. The molecule has 18 nitrogen and oxygen atoms in total. The fraction of sp³-hybridized carbons (Fsp3) is 0.368. The molecule has 2 fully saturated rings. The van der Waals surface area contributed by atoms with Crippen molar-refractivity contribution in [2.45, 2.75) is 61.2 Å². The average molecular weight is 785 g/mol. The van der Waals surface area contributed by atoms with Crippen LogP contribution in [0.5, 0.6) is 28.7 Å². The van der Waals surface area contributed by atoms with Gasteiger partial charge in [-0.15, -0.1) is 0 Å². The highest BCUT2D eigenvalue weighted by Gasteiger charge is 2.52. The van der Waals surface area contributed by atoms with E-state index in [-0.39, 0.29) is 45.3 Å². The van der Waals surface area contributed by atoms with E-state index in [0.717, 1.165) is 12.1 Å². The van der Waals surface area contributed by atoms with Gasteiger partial charge in [0.25, 0.3) is 0 Å². The molecule has 0 amide bonds. The summed E-state index contributed by atoms with van der Waals surface area (Å²) < 4.78 is 39.2. The van der Waals surface area contributed by atoms with Crippen molar-refractivity contribution in [3.05, 3.63) is 82.0 Å². The van der Waals surface area contributed by atoms with Gasteiger partial charge in [0.1, 0.15) is 95.5 Å². The third-order valence-corrected chi connectivity index (χ3v) is 9.48. The SMILES string of the molecule is COc1cc(/C=C/C(=O)OC[C@H]2O[C@@H](O[C@@H]3[C@@H](O)[C@H](O)[C@@H](CO)O[C@H]3c3c(OC)cc4oc(-c5ccc(O)cc5)cc(=O)c4c3O)[C@H](O)[C@@H](O)[C@@H]2O)ccc1O. The van der Waals surface area contributed by atoms with Crippen LogP contribution >= 0.6 is 0 Å². The molecule has 1 aromatic heterocycles. The molecule has 10 atom stereocenters. The van der Waals surface area contributed by atoms with Gasteiger partial charge in [-0.05, 0) is 48.0 Å². The molecule has 6 rings (SSSR count). The molecule has 0 saturated carbocycles. The van der Waals surface area contributed by atoms with Gasteiger partial charge in [0.15, 0.2) is 23.2 Å². The normalized spacial score (nSPS) is 28.0. The fourth-order valence-corrected chi connectivity index (χ4v) is 6.48. The van der Waals surface area contributed by atoms with Crippen molar-refractivity contribution in [1.82, 2.24) is 0 Å². The van der Waals surface area contributed by atoms with Gasteiger partial charge in [0.05, 0.1) is 26.4 Å². The molecule has 3 heterocycles. The van der Waals surface area contributed by atoms with Crippen molar-refractivity contribution in [2.24, 2.45) is 0 Å². The number of fused-ring (bicyclic) bond motifs is 1. The van der Waals surface area contributed by atoms with Crippen LogP contribution in [0.15, 0.2) is 69.9 Å². The maximum absolute atomic E-state index is 13.5. The molecule has 0 radical (unpaired) electrons. The van der Waals surface area contributed by atoms with Crippen LogP contribution in [-0.2, 0) is 23.7 Å². The van der Waals surface area contributed by atoms with Crippen molar-refractivity contribution in [1.29, 1.82) is 0 Å². The number of phenolic OH excluding ortho intramolecular Hbond substituents is 3. The van der Waals surface area contributed by atoms with E-state index in [4.69, 9.17) is 32.8 Å². The van der Waals surface area contributed by atoms with Crippen molar-refractivity contribution >= 4 is 23.0 Å². The Hall–Kier alpha value is -5.28. The molecule has 2 aliphatic rings. The lowest BCUT2D eigenvalue weighted by atomic mass is 9.89. The van der Waals surface area contributed by atoms with Crippen LogP contribution in [0.4, 0.5) is 0 Å². The molecule has 4 aromatic rings. The van der Waals surface area contributed by atoms with Crippen LogP contribution in [0.1, 0.15) is 17.2 Å². The second-order valence-electron chi connectivity index (χ2n) is 13.0. The highest BCUT2D eigenvalue weighted by Crippen LogP contribution is 2.46. The molecule has 0 bridgehead atoms. The lowest BCUT2D eigenvalue weighted by Gasteiger charge is -2.46. The Bertz CT molecular complexity index is 2110. The summed E-state index contributed by atoms with van der Waals surface area (Å²) in [6, 6.07) is 12.5. The Balaban J connectivity index is 1.28. The zero-order valence-corrected chi connectivity index (χ0v) is 29.7. The first-order valence-electron chi connectivity index (χ1n) is 17.1. The highest BCUT2D eigenvalue weighted by atomic mass is 16.7. The number of aliphatic hydroxyl groups is 6. The number of carbonyl (C=O) groups is 1. The first kappa shape index (κ1) is 40.4. The first-order chi connectivity index (χ1) is 26.8. The molecule has 56 heavy (non-hydrogen) atoms. The number of benzene rings is 3. The lowest BCUT2D eigenvalue weighted by molar-refractivity contribution is -0.342. The van der Waals surface area contributed by atoms with E-state index in [1.54, 1.807) is 0 Å². The largest absolute Gasteiger partial charge is 0.508 e. The van der Waals surface area contributed by atoms with Gasteiger partial charge in [-0.1, -0.05) is 6.07 Å². The molecule has 2 saturated heterocycles. The lowest BCUT2D eigenvalue weighted by Crippen LogP contribution is -2.63. The summed E-state index contributed by atoms with van der Waals surface area (Å²) in [6.07, 6.45) is -15.5. The van der Waals surface area contributed by atoms with E-state index in [1.165, 1.54) is 68.8 Å². The number of aromatic hydroxyl groups is 3. The minimum absolute atomic E-state index is 0.0214. The van der Waals surface area contributed by atoms with Gasteiger partial charge in [-0.2, -0.15) is 0 Å². The van der Waals surface area contributed by atoms with Gasteiger partial charge in [-0.25, -0.2) is 4.79 Å². The van der Waals surface area contributed by atoms with Gasteiger partial charge in [0.2, 0.25) is 0 Å². The van der Waals surface area contributed by atoms with Gasteiger partial charge in [0, 0.05) is 23.8 Å². The number of esters is 1. The minimum Gasteiger partial charge on any atom is -0.508 e. The number of hydrogen-bond acceptors (Lipinski definition) is 18. The molecule has 300 valence electrons. The Morgan fingerprint density at radius 3 is 2.18 bits per heavy atom. The summed E-state index contributed by atoms with van der Waals surface area (Å²) in [6.45, 7) is -1.50.